The lowest BCUT2D eigenvalue weighted by atomic mass is 10.0. The minimum absolute atomic E-state index is 0.0262. The van der Waals surface area contributed by atoms with Crippen molar-refractivity contribution in [2.45, 2.75) is 105 Å². The van der Waals surface area contributed by atoms with Crippen LogP contribution in [-0.4, -0.2) is 94.6 Å². The van der Waals surface area contributed by atoms with Crippen LogP contribution in [0.4, 0.5) is 4.79 Å². The molecule has 2 aliphatic carbocycles. The molecule has 0 bridgehead atoms. The van der Waals surface area contributed by atoms with E-state index in [-0.39, 0.29) is 48.3 Å². The number of ether oxygens (including phenoxy) is 2. The summed E-state index contributed by atoms with van der Waals surface area (Å²) in [5.41, 5.74) is -0.0969. The maximum Gasteiger partial charge on any atom is 0.408 e. The summed E-state index contributed by atoms with van der Waals surface area (Å²) in [6.45, 7) is -0.0750. The normalized spacial score (nSPS) is 25.3. The van der Waals surface area contributed by atoms with Gasteiger partial charge >= 0.3 is 12.1 Å². The predicted octanol–water partition coefficient (Wildman–Crippen LogP) is 5.34. The quantitative estimate of drug-likeness (QED) is 0.157. The molecule has 8 rings (SSSR count). The van der Waals surface area contributed by atoms with Crippen molar-refractivity contribution in [3.8, 4) is 16.5 Å². The summed E-state index contributed by atoms with van der Waals surface area (Å²) >= 11 is 1.45. The number of hydrogen-bond acceptors (Lipinski definition) is 12. The second-order valence-electron chi connectivity index (χ2n) is 15.9. The van der Waals surface area contributed by atoms with E-state index >= 15 is 0 Å². The molecule has 4 heterocycles. The first-order valence-corrected chi connectivity index (χ1v) is 22.9. The summed E-state index contributed by atoms with van der Waals surface area (Å²) in [5, 5.41) is 16.8. The number of aromatic nitrogens is 2. The number of nitrogens with one attached hydrogen (secondary N) is 3. The Hall–Kier alpha value is -5.88. The van der Waals surface area contributed by atoms with Crippen LogP contribution in [0.15, 0.2) is 83.1 Å². The van der Waals surface area contributed by atoms with Crippen LogP contribution in [0.25, 0.3) is 21.6 Å². The third-order valence-corrected chi connectivity index (χ3v) is 13.9. The Bertz CT molecular complexity index is 2460. The maximum absolute atomic E-state index is 14.7. The van der Waals surface area contributed by atoms with Crippen LogP contribution >= 0.6 is 11.3 Å². The van der Waals surface area contributed by atoms with Crippen molar-refractivity contribution in [3.05, 3.63) is 83.8 Å². The molecule has 2 aromatic carbocycles. The lowest BCUT2D eigenvalue weighted by molar-refractivity contribution is -0.141. The first kappa shape index (κ1) is 41.8. The highest BCUT2D eigenvalue weighted by Crippen LogP contribution is 2.46. The second kappa shape index (κ2) is 17.6. The number of amides is 4. The summed E-state index contributed by atoms with van der Waals surface area (Å²) in [5.74, 6) is -3.81. The second-order valence-corrected chi connectivity index (χ2v) is 18.6. The number of thiophene rings is 1. The van der Waals surface area contributed by atoms with Crippen molar-refractivity contribution < 1.29 is 47.0 Å². The number of alkyl carbamates (subject to hydrolysis) is 1. The number of fused-ring (bicyclic) bond motifs is 3. The lowest BCUT2D eigenvalue weighted by Crippen LogP contribution is -2.58. The van der Waals surface area contributed by atoms with Gasteiger partial charge in [0.2, 0.25) is 17.7 Å². The molecule has 3 fully saturated rings. The van der Waals surface area contributed by atoms with Gasteiger partial charge in [0.05, 0.1) is 32.9 Å². The standard InChI is InChI=1S/C43H46N6O10S2/c50-37-34-23-29(58-38-36(35-17-10-22-60-35)44-31-14-8-9-15-32(31)45-38)25-49(34)39(51)33(46-42(55)59-28-12-6-7-13-28)16-5-3-1-2-4-11-27-24-43(27,47-37)41(54)48-61(56,57)30-20-18-26(19-21-30)40(52)53/h4,8-11,14-15,17-22,27-29,33-34H,1-3,5-7,12-13,16,23-25H2,(H,46,55)(H,47,50)(H,48,54)(H,52,53)/b11-4-/t27-,29-,33+,34+,43+/m1/s1. The minimum Gasteiger partial charge on any atom is -0.478 e. The Labute approximate surface area is 356 Å². The van der Waals surface area contributed by atoms with Gasteiger partial charge in [-0.1, -0.05) is 43.2 Å². The Morgan fingerprint density at radius 2 is 1.64 bits per heavy atom. The molecule has 0 radical (unpaired) electrons. The monoisotopic (exact) mass is 870 g/mol. The van der Waals surface area contributed by atoms with Gasteiger partial charge < -0.3 is 30.1 Å². The van der Waals surface area contributed by atoms with Crippen LogP contribution in [0.2, 0.25) is 0 Å². The number of carbonyl (C=O) groups is 5. The molecule has 2 aromatic heterocycles. The largest absolute Gasteiger partial charge is 0.478 e. The van der Waals surface area contributed by atoms with Gasteiger partial charge in [-0.25, -0.2) is 32.7 Å². The average Bonchev–Trinajstić information content (AvgIpc) is 3.74. The molecular weight excluding hydrogens is 825 g/mol. The van der Waals surface area contributed by atoms with Gasteiger partial charge in [0.25, 0.3) is 15.9 Å². The van der Waals surface area contributed by atoms with Crippen molar-refractivity contribution in [3.63, 3.8) is 0 Å². The number of rotatable bonds is 9. The lowest BCUT2D eigenvalue weighted by Gasteiger charge is -2.30. The molecule has 4 aromatic rings. The van der Waals surface area contributed by atoms with E-state index in [0.717, 1.165) is 67.7 Å². The van der Waals surface area contributed by atoms with Gasteiger partial charge in [-0.3, -0.25) is 14.4 Å². The zero-order chi connectivity index (χ0) is 42.7. The SMILES string of the molecule is O=C(N[C@H]1CCCCC/C=C\[C@@H]2C[C@]2(C(=O)NS(=O)(=O)c2ccc(C(=O)O)cc2)NC(=O)[C@@H]2C[C@@H](Oc3nc4ccccc4nc3-c3cccs3)CN2C1=O)OC1CCCC1. The highest BCUT2D eigenvalue weighted by molar-refractivity contribution is 7.90. The molecule has 5 atom stereocenters. The summed E-state index contributed by atoms with van der Waals surface area (Å²) in [7, 11) is -4.50. The summed E-state index contributed by atoms with van der Waals surface area (Å²) in [6, 6.07) is 13.3. The summed E-state index contributed by atoms with van der Waals surface area (Å²) in [4.78, 5) is 79.5. The maximum atomic E-state index is 14.7. The molecule has 2 saturated carbocycles. The Kier molecular flexibility index (Phi) is 12.1. The smallest absolute Gasteiger partial charge is 0.408 e. The molecule has 320 valence electrons. The third-order valence-electron chi connectivity index (χ3n) is 11.7. The fourth-order valence-electron chi connectivity index (χ4n) is 8.35. The first-order valence-electron chi connectivity index (χ1n) is 20.5. The number of sulfonamides is 1. The van der Waals surface area contributed by atoms with Gasteiger partial charge in [-0.15, -0.1) is 11.3 Å². The van der Waals surface area contributed by atoms with E-state index in [9.17, 15) is 37.5 Å². The van der Waals surface area contributed by atoms with Crippen molar-refractivity contribution in [2.24, 2.45) is 5.92 Å². The van der Waals surface area contributed by atoms with E-state index < -0.39 is 69.5 Å². The number of allylic oxidation sites excluding steroid dienone is 1. The third kappa shape index (κ3) is 9.24. The number of carbonyl (C=O) groups excluding carboxylic acids is 4. The fraction of sp³-hybridized carbons (Fsp3) is 0.419. The van der Waals surface area contributed by atoms with E-state index in [1.807, 2.05) is 41.8 Å². The zero-order valence-electron chi connectivity index (χ0n) is 33.2. The van der Waals surface area contributed by atoms with Crippen molar-refractivity contribution >= 4 is 62.2 Å². The number of nitrogens with zero attached hydrogens (tertiary/aromatic N) is 3. The topological polar surface area (TPSA) is 223 Å². The molecule has 16 nitrogen and oxygen atoms in total. The van der Waals surface area contributed by atoms with Gasteiger partial charge in [-0.2, -0.15) is 0 Å². The van der Waals surface area contributed by atoms with E-state index in [1.54, 1.807) is 12.1 Å². The van der Waals surface area contributed by atoms with Crippen molar-refractivity contribution in [2.75, 3.05) is 6.54 Å². The predicted molar refractivity (Wildman–Crippen MR) is 223 cm³/mol. The van der Waals surface area contributed by atoms with Crippen LogP contribution in [0.1, 0.15) is 81.0 Å². The molecule has 18 heteroatoms. The average molecular weight is 871 g/mol. The summed E-state index contributed by atoms with van der Waals surface area (Å²) in [6.07, 6.45) is 8.38. The number of para-hydroxylation sites is 2. The van der Waals surface area contributed by atoms with Crippen molar-refractivity contribution in [1.82, 2.24) is 30.2 Å². The van der Waals surface area contributed by atoms with Gasteiger partial charge in [0, 0.05) is 12.3 Å². The highest BCUT2D eigenvalue weighted by Gasteiger charge is 2.61. The first-order chi connectivity index (χ1) is 29.4. The Balaban J connectivity index is 1.10. The van der Waals surface area contributed by atoms with Crippen LogP contribution in [0.3, 0.4) is 0 Å². The molecule has 61 heavy (non-hydrogen) atoms. The van der Waals surface area contributed by atoms with E-state index in [0.29, 0.717) is 29.6 Å². The van der Waals surface area contributed by atoms with Gasteiger partial charge in [-0.05, 0) is 99.2 Å². The molecule has 2 aliphatic heterocycles. The van der Waals surface area contributed by atoms with Crippen molar-refractivity contribution in [1.29, 1.82) is 0 Å². The molecule has 1 saturated heterocycles. The van der Waals surface area contributed by atoms with Crippen LogP contribution in [0.5, 0.6) is 5.88 Å². The Morgan fingerprint density at radius 3 is 2.36 bits per heavy atom. The van der Waals surface area contributed by atoms with Gasteiger partial charge in [0.15, 0.2) is 0 Å². The zero-order valence-corrected chi connectivity index (χ0v) is 34.8. The fourth-order valence-corrected chi connectivity index (χ4v) is 10.1. The van der Waals surface area contributed by atoms with Crippen LogP contribution < -0.4 is 20.1 Å². The van der Waals surface area contributed by atoms with E-state index in [1.165, 1.54) is 16.2 Å². The number of hydrogen-bond donors (Lipinski definition) is 4. The van der Waals surface area contributed by atoms with Crippen LogP contribution in [-0.2, 0) is 29.1 Å². The number of aromatic carboxylic acids is 1. The molecule has 0 unspecified atom stereocenters. The molecule has 4 N–H and O–H groups in total. The number of carboxylic acid groups (broad SMARTS) is 1. The summed E-state index contributed by atoms with van der Waals surface area (Å²) < 4.78 is 41.2. The molecular formula is C43H46N6O10S2. The molecule has 4 amide bonds. The van der Waals surface area contributed by atoms with Crippen LogP contribution in [0, 0.1) is 5.92 Å². The molecule has 4 aliphatic rings. The van der Waals surface area contributed by atoms with Gasteiger partial charge in [0.1, 0.15) is 35.5 Å². The number of benzene rings is 2. The molecule has 0 spiro atoms. The van der Waals surface area contributed by atoms with E-state index in [2.05, 4.69) is 15.4 Å². The number of carboxylic acids is 1. The highest BCUT2D eigenvalue weighted by atomic mass is 32.2. The van der Waals surface area contributed by atoms with E-state index in [4.69, 9.17) is 19.4 Å². The minimum atomic E-state index is -4.50. The Morgan fingerprint density at radius 1 is 0.902 bits per heavy atom.